The van der Waals surface area contributed by atoms with Gasteiger partial charge in [-0.05, 0) is 49.7 Å². The van der Waals surface area contributed by atoms with E-state index in [1.54, 1.807) is 25.7 Å². The lowest BCUT2D eigenvalue weighted by molar-refractivity contribution is 0.0952. The Balaban J connectivity index is 1.13. The van der Waals surface area contributed by atoms with E-state index in [0.717, 1.165) is 56.9 Å². The van der Waals surface area contributed by atoms with Crippen molar-refractivity contribution in [2.75, 3.05) is 51.3 Å². The average Bonchev–Trinajstić information content (AvgIpc) is 3.39. The van der Waals surface area contributed by atoms with Crippen LogP contribution in [0.15, 0.2) is 61.2 Å². The number of rotatable bonds is 9. The van der Waals surface area contributed by atoms with Crippen LogP contribution in [0.1, 0.15) is 23.2 Å². The first-order valence-electron chi connectivity index (χ1n) is 11.3. The van der Waals surface area contributed by atoms with Gasteiger partial charge < -0.3 is 19.5 Å². The highest BCUT2D eigenvalue weighted by Gasteiger charge is 2.18. The maximum absolute atomic E-state index is 13.8. The highest BCUT2D eigenvalue weighted by Crippen LogP contribution is 2.24. The third-order valence-electron chi connectivity index (χ3n) is 5.95. The number of piperazine rings is 1. The van der Waals surface area contributed by atoms with Crippen LogP contribution >= 0.6 is 0 Å². The van der Waals surface area contributed by atoms with Crippen molar-refractivity contribution in [1.82, 2.24) is 19.8 Å². The molecule has 1 aliphatic heterocycles. The van der Waals surface area contributed by atoms with Crippen LogP contribution < -0.4 is 15.0 Å². The Hall–Kier alpha value is -3.39. The zero-order valence-electron chi connectivity index (χ0n) is 18.9. The molecule has 1 fully saturated rings. The number of nitrogens with zero attached hydrogens (tertiary/aromatic N) is 4. The molecule has 2 heterocycles. The molecule has 0 bridgehead atoms. The molecule has 3 aromatic rings. The first-order valence-corrected chi connectivity index (χ1v) is 11.3. The molecular weight excluding hydrogens is 421 g/mol. The summed E-state index contributed by atoms with van der Waals surface area (Å²) in [7, 11) is 1.55. The van der Waals surface area contributed by atoms with Crippen LogP contribution in [-0.2, 0) is 0 Å². The number of hydrogen-bond acceptors (Lipinski definition) is 5. The minimum Gasteiger partial charge on any atom is -0.497 e. The molecule has 8 heteroatoms. The number of methoxy groups -OCH3 is 1. The zero-order chi connectivity index (χ0) is 23.0. The maximum atomic E-state index is 13.8. The SMILES string of the molecule is COc1cc(F)cc(N2CCN(CCCCNC(=O)c3ccc(-n4ccnc4)cc3)CC2)c1. The number of halogens is 1. The molecule has 1 saturated heterocycles. The van der Waals surface area contributed by atoms with Crippen molar-refractivity contribution in [3.8, 4) is 11.4 Å². The molecule has 1 aromatic heterocycles. The summed E-state index contributed by atoms with van der Waals surface area (Å²) in [5, 5.41) is 3.00. The van der Waals surface area contributed by atoms with E-state index < -0.39 is 0 Å². The topological polar surface area (TPSA) is 62.6 Å². The van der Waals surface area contributed by atoms with Crippen molar-refractivity contribution in [1.29, 1.82) is 0 Å². The number of carbonyl (C=O) groups is 1. The van der Waals surface area contributed by atoms with Gasteiger partial charge >= 0.3 is 0 Å². The van der Waals surface area contributed by atoms with Gasteiger partial charge in [-0.1, -0.05) is 0 Å². The number of amides is 1. The molecule has 1 amide bonds. The largest absolute Gasteiger partial charge is 0.497 e. The quantitative estimate of drug-likeness (QED) is 0.506. The highest BCUT2D eigenvalue weighted by molar-refractivity contribution is 5.94. The van der Waals surface area contributed by atoms with Gasteiger partial charge in [0.25, 0.3) is 5.91 Å². The zero-order valence-corrected chi connectivity index (χ0v) is 18.9. The third kappa shape index (κ3) is 6.10. The summed E-state index contributed by atoms with van der Waals surface area (Å²) in [5.74, 6) is 0.220. The van der Waals surface area contributed by atoms with E-state index in [0.29, 0.717) is 17.9 Å². The van der Waals surface area contributed by atoms with Crippen molar-refractivity contribution >= 4 is 11.6 Å². The van der Waals surface area contributed by atoms with Crippen LogP contribution in [0.4, 0.5) is 10.1 Å². The highest BCUT2D eigenvalue weighted by atomic mass is 19.1. The van der Waals surface area contributed by atoms with E-state index in [1.807, 2.05) is 41.1 Å². The van der Waals surface area contributed by atoms with Crippen LogP contribution in [0.25, 0.3) is 5.69 Å². The van der Waals surface area contributed by atoms with Gasteiger partial charge in [-0.25, -0.2) is 9.37 Å². The molecule has 174 valence electrons. The minimum atomic E-state index is -0.275. The van der Waals surface area contributed by atoms with Crippen molar-refractivity contribution in [3.05, 3.63) is 72.6 Å². The van der Waals surface area contributed by atoms with E-state index in [4.69, 9.17) is 4.74 Å². The normalized spacial score (nSPS) is 14.3. The van der Waals surface area contributed by atoms with E-state index in [1.165, 1.54) is 6.07 Å². The van der Waals surface area contributed by atoms with Crippen molar-refractivity contribution < 1.29 is 13.9 Å². The number of aromatic nitrogens is 2. The number of imidazole rings is 1. The molecule has 1 aliphatic rings. The summed E-state index contributed by atoms with van der Waals surface area (Å²) < 4.78 is 20.9. The molecule has 2 aromatic carbocycles. The van der Waals surface area contributed by atoms with Crippen LogP contribution in [0.3, 0.4) is 0 Å². The molecule has 4 rings (SSSR count). The standard InChI is InChI=1S/C25H30FN5O2/c1-33-24-17-21(26)16-23(18-24)30-14-12-29(13-15-30)10-3-2-8-28-25(32)20-4-6-22(7-5-20)31-11-9-27-19-31/h4-7,9,11,16-19H,2-3,8,10,12-15H2,1H3,(H,28,32). The average molecular weight is 452 g/mol. The fourth-order valence-corrected chi connectivity index (χ4v) is 4.04. The van der Waals surface area contributed by atoms with E-state index >= 15 is 0 Å². The Morgan fingerprint density at radius 2 is 1.85 bits per heavy atom. The molecule has 0 atom stereocenters. The predicted octanol–water partition coefficient (Wildman–Crippen LogP) is 3.35. The molecular formula is C25H30FN5O2. The van der Waals surface area contributed by atoms with Gasteiger partial charge in [0.15, 0.2) is 0 Å². The fraction of sp³-hybridized carbons (Fsp3) is 0.360. The monoisotopic (exact) mass is 451 g/mol. The molecule has 0 unspecified atom stereocenters. The van der Waals surface area contributed by atoms with E-state index in [2.05, 4.69) is 20.1 Å². The minimum absolute atomic E-state index is 0.0497. The van der Waals surface area contributed by atoms with Gasteiger partial charge in [0.05, 0.1) is 13.4 Å². The second-order valence-corrected chi connectivity index (χ2v) is 8.16. The molecule has 0 radical (unpaired) electrons. The summed E-state index contributed by atoms with van der Waals surface area (Å²) in [6, 6.07) is 12.3. The third-order valence-corrected chi connectivity index (χ3v) is 5.95. The summed E-state index contributed by atoms with van der Waals surface area (Å²) in [5.41, 5.74) is 2.50. The molecule has 33 heavy (non-hydrogen) atoms. The smallest absolute Gasteiger partial charge is 0.251 e. The lowest BCUT2D eigenvalue weighted by atomic mass is 10.2. The Morgan fingerprint density at radius 3 is 2.55 bits per heavy atom. The van der Waals surface area contributed by atoms with Gasteiger partial charge in [-0.3, -0.25) is 9.69 Å². The Bertz CT molecular complexity index is 1030. The van der Waals surface area contributed by atoms with Gasteiger partial charge in [0, 0.05) is 74.2 Å². The Kier molecular flexibility index (Phi) is 7.57. The molecule has 0 aliphatic carbocycles. The van der Waals surface area contributed by atoms with Crippen molar-refractivity contribution in [2.24, 2.45) is 0 Å². The van der Waals surface area contributed by atoms with Crippen molar-refractivity contribution in [2.45, 2.75) is 12.8 Å². The second kappa shape index (κ2) is 11.0. The van der Waals surface area contributed by atoms with Gasteiger partial charge in [-0.2, -0.15) is 0 Å². The Labute approximate surface area is 193 Å². The summed E-state index contributed by atoms with van der Waals surface area (Å²) in [6.07, 6.45) is 7.28. The summed E-state index contributed by atoms with van der Waals surface area (Å²) >= 11 is 0. The fourth-order valence-electron chi connectivity index (χ4n) is 4.04. The van der Waals surface area contributed by atoms with Crippen LogP contribution in [-0.4, -0.2) is 66.7 Å². The molecule has 0 spiro atoms. The summed E-state index contributed by atoms with van der Waals surface area (Å²) in [4.78, 5) is 21.0. The lowest BCUT2D eigenvalue weighted by Crippen LogP contribution is -2.46. The van der Waals surface area contributed by atoms with Gasteiger partial charge in [-0.15, -0.1) is 0 Å². The molecule has 0 saturated carbocycles. The summed E-state index contributed by atoms with van der Waals surface area (Å²) in [6.45, 7) is 5.25. The van der Waals surface area contributed by atoms with Crippen LogP contribution in [0.2, 0.25) is 0 Å². The van der Waals surface area contributed by atoms with Crippen LogP contribution in [0.5, 0.6) is 5.75 Å². The number of benzene rings is 2. The van der Waals surface area contributed by atoms with Gasteiger partial charge in [0.1, 0.15) is 11.6 Å². The Morgan fingerprint density at radius 1 is 1.06 bits per heavy atom. The van der Waals surface area contributed by atoms with Gasteiger partial charge in [0.2, 0.25) is 0 Å². The maximum Gasteiger partial charge on any atom is 0.251 e. The predicted molar refractivity (Wildman–Crippen MR) is 127 cm³/mol. The number of anilines is 1. The number of hydrogen-bond donors (Lipinski definition) is 1. The molecule has 7 nitrogen and oxygen atoms in total. The number of nitrogens with one attached hydrogen (secondary N) is 1. The second-order valence-electron chi connectivity index (χ2n) is 8.16. The first kappa shape index (κ1) is 22.8. The van der Waals surface area contributed by atoms with Crippen molar-refractivity contribution in [3.63, 3.8) is 0 Å². The number of ether oxygens (including phenoxy) is 1. The van der Waals surface area contributed by atoms with E-state index in [-0.39, 0.29) is 11.7 Å². The molecule has 1 N–H and O–H groups in total. The van der Waals surface area contributed by atoms with Crippen LogP contribution in [0, 0.1) is 5.82 Å². The lowest BCUT2D eigenvalue weighted by Gasteiger charge is -2.36. The number of unbranched alkanes of at least 4 members (excludes halogenated alkanes) is 1. The number of carbonyl (C=O) groups excluding carboxylic acids is 1. The van der Waals surface area contributed by atoms with E-state index in [9.17, 15) is 9.18 Å². The first-order chi connectivity index (χ1) is 16.1.